The number of fused-ring (bicyclic) bond motifs is 1. The highest BCUT2D eigenvalue weighted by molar-refractivity contribution is 6.02. The van der Waals surface area contributed by atoms with Gasteiger partial charge in [0, 0.05) is 36.0 Å². The highest BCUT2D eigenvalue weighted by atomic mass is 16.4. The molecule has 11 nitrogen and oxygen atoms in total. The molecule has 1 aromatic carbocycles. The van der Waals surface area contributed by atoms with Gasteiger partial charge in [-0.3, -0.25) is 24.1 Å². The lowest BCUT2D eigenvalue weighted by atomic mass is 10.0. The second-order valence-corrected chi connectivity index (χ2v) is 7.18. The van der Waals surface area contributed by atoms with Gasteiger partial charge in [0.05, 0.1) is 17.4 Å². The Labute approximate surface area is 176 Å². The maximum atomic E-state index is 11.9. The average molecular weight is 422 g/mol. The highest BCUT2D eigenvalue weighted by Gasteiger charge is 2.18. The van der Waals surface area contributed by atoms with Crippen molar-refractivity contribution < 1.29 is 14.7 Å². The van der Waals surface area contributed by atoms with Crippen LogP contribution in [0.3, 0.4) is 0 Å². The number of H-pyrrole nitrogens is 1. The summed E-state index contributed by atoms with van der Waals surface area (Å²) >= 11 is 0. The van der Waals surface area contributed by atoms with E-state index in [1.165, 1.54) is 0 Å². The molecule has 0 unspecified atom stereocenters. The molecule has 3 heterocycles. The minimum Gasteiger partial charge on any atom is -0.481 e. The number of aryl methyl sites for hydroxylation is 3. The number of hydrogen-bond donors (Lipinski definition) is 3. The molecule has 0 atom stereocenters. The van der Waals surface area contributed by atoms with Crippen LogP contribution in [0.4, 0.5) is 0 Å². The first-order chi connectivity index (χ1) is 14.9. The molecule has 4 rings (SSSR count). The van der Waals surface area contributed by atoms with Gasteiger partial charge in [-0.25, -0.2) is 4.98 Å². The topological polar surface area (TPSA) is 158 Å². The van der Waals surface area contributed by atoms with Crippen LogP contribution in [0.1, 0.15) is 35.8 Å². The molecule has 31 heavy (non-hydrogen) atoms. The van der Waals surface area contributed by atoms with E-state index < -0.39 is 11.9 Å². The molecule has 0 fully saturated rings. The van der Waals surface area contributed by atoms with E-state index in [0.717, 1.165) is 16.8 Å². The van der Waals surface area contributed by atoms with Crippen LogP contribution in [0.25, 0.3) is 33.8 Å². The van der Waals surface area contributed by atoms with Gasteiger partial charge in [0.1, 0.15) is 5.69 Å². The summed E-state index contributed by atoms with van der Waals surface area (Å²) in [6.07, 6.45) is 2.10. The molecule has 0 spiro atoms. The predicted molar refractivity (Wildman–Crippen MR) is 112 cm³/mol. The zero-order valence-corrected chi connectivity index (χ0v) is 17.2. The van der Waals surface area contributed by atoms with Crippen LogP contribution in [0.2, 0.25) is 0 Å². The minimum atomic E-state index is -0.870. The Bertz CT molecular complexity index is 1280. The van der Waals surface area contributed by atoms with Crippen molar-refractivity contribution in [3.63, 3.8) is 0 Å². The second kappa shape index (κ2) is 8.01. The highest BCUT2D eigenvalue weighted by Crippen LogP contribution is 2.30. The molecule has 0 radical (unpaired) electrons. The summed E-state index contributed by atoms with van der Waals surface area (Å²) in [6.45, 7) is 4.97. The summed E-state index contributed by atoms with van der Waals surface area (Å²) in [4.78, 5) is 27.4. The summed E-state index contributed by atoms with van der Waals surface area (Å²) in [5.41, 5.74) is 8.80. The van der Waals surface area contributed by atoms with E-state index in [9.17, 15) is 9.59 Å². The molecule has 0 saturated carbocycles. The van der Waals surface area contributed by atoms with Gasteiger partial charge >= 0.3 is 5.97 Å². The van der Waals surface area contributed by atoms with Gasteiger partial charge in [0.15, 0.2) is 11.6 Å². The third-order valence-electron chi connectivity index (χ3n) is 4.98. The smallest absolute Gasteiger partial charge is 0.303 e. The third kappa shape index (κ3) is 3.89. The number of aromatic nitrogens is 7. The molecular formula is C20H22N8O3. The van der Waals surface area contributed by atoms with Crippen molar-refractivity contribution in [3.05, 3.63) is 35.7 Å². The Kier molecular flexibility index (Phi) is 5.24. The van der Waals surface area contributed by atoms with Gasteiger partial charge in [0.25, 0.3) is 0 Å². The van der Waals surface area contributed by atoms with Crippen LogP contribution >= 0.6 is 0 Å². The normalized spacial score (nSPS) is 11.3. The van der Waals surface area contributed by atoms with Crippen molar-refractivity contribution in [2.75, 3.05) is 0 Å². The average Bonchev–Trinajstić information content (AvgIpc) is 3.45. The van der Waals surface area contributed by atoms with Gasteiger partial charge in [-0.05, 0) is 38.5 Å². The molecule has 160 valence electrons. The van der Waals surface area contributed by atoms with Crippen LogP contribution in [0.5, 0.6) is 0 Å². The number of carbonyl (C=O) groups is 2. The van der Waals surface area contributed by atoms with Gasteiger partial charge in [-0.15, -0.1) is 0 Å². The van der Waals surface area contributed by atoms with Gasteiger partial charge in [-0.2, -0.15) is 15.3 Å². The summed E-state index contributed by atoms with van der Waals surface area (Å²) in [6, 6.07) is 5.22. The minimum absolute atomic E-state index is 0.0275. The Morgan fingerprint density at radius 1 is 1.23 bits per heavy atom. The number of benzene rings is 1. The summed E-state index contributed by atoms with van der Waals surface area (Å²) in [5.74, 6) is -0.495. The fourth-order valence-corrected chi connectivity index (χ4v) is 3.54. The first kappa shape index (κ1) is 20.3. The standard InChI is InChI=1S/C20H22N8O3/c1-3-27-16(7-11(2)26-27)20-23-19(24-25-20)13-8-12(18(21)31)9-15-14(13)10-22-28(15)6-4-5-17(29)30/h7-10H,3-6H2,1-2H3,(H2,21,31)(H,29,30)(H,23,24,25). The van der Waals surface area contributed by atoms with E-state index in [1.54, 1.807) is 23.0 Å². The van der Waals surface area contributed by atoms with Gasteiger partial charge in [0.2, 0.25) is 5.91 Å². The number of aromatic amines is 1. The number of nitrogens with two attached hydrogens (primary N) is 1. The first-order valence-corrected chi connectivity index (χ1v) is 9.86. The third-order valence-corrected chi connectivity index (χ3v) is 4.98. The van der Waals surface area contributed by atoms with Crippen LogP contribution in [0.15, 0.2) is 24.4 Å². The van der Waals surface area contributed by atoms with Crippen LogP contribution < -0.4 is 5.73 Å². The largest absolute Gasteiger partial charge is 0.481 e. The molecule has 0 saturated heterocycles. The molecule has 0 bridgehead atoms. The van der Waals surface area contributed by atoms with Crippen LogP contribution in [-0.2, 0) is 17.9 Å². The lowest BCUT2D eigenvalue weighted by molar-refractivity contribution is -0.137. The van der Waals surface area contributed by atoms with E-state index in [-0.39, 0.29) is 6.42 Å². The van der Waals surface area contributed by atoms with Crippen LogP contribution in [-0.4, -0.2) is 51.7 Å². The summed E-state index contributed by atoms with van der Waals surface area (Å²) in [7, 11) is 0. The summed E-state index contributed by atoms with van der Waals surface area (Å²) < 4.78 is 3.49. The van der Waals surface area contributed by atoms with Crippen molar-refractivity contribution in [1.29, 1.82) is 0 Å². The lowest BCUT2D eigenvalue weighted by Crippen LogP contribution is -2.11. The van der Waals surface area contributed by atoms with E-state index in [1.807, 2.05) is 24.6 Å². The fraction of sp³-hybridized carbons (Fsp3) is 0.300. The molecule has 0 aliphatic heterocycles. The number of amides is 1. The Morgan fingerprint density at radius 3 is 2.74 bits per heavy atom. The zero-order valence-electron chi connectivity index (χ0n) is 17.2. The number of carboxylic acids is 1. The summed E-state index contributed by atoms with van der Waals surface area (Å²) in [5, 5.41) is 25.7. The van der Waals surface area contributed by atoms with Crippen molar-refractivity contribution >= 4 is 22.8 Å². The van der Waals surface area contributed by atoms with Crippen molar-refractivity contribution in [1.82, 2.24) is 34.7 Å². The molecule has 3 aromatic heterocycles. The van der Waals surface area contributed by atoms with Crippen molar-refractivity contribution in [2.24, 2.45) is 5.73 Å². The molecule has 4 N–H and O–H groups in total. The zero-order chi connectivity index (χ0) is 22.1. The number of nitrogens with zero attached hydrogens (tertiary/aromatic N) is 6. The number of rotatable bonds is 8. The molecule has 4 aromatic rings. The van der Waals surface area contributed by atoms with Crippen molar-refractivity contribution in [2.45, 2.75) is 39.8 Å². The van der Waals surface area contributed by atoms with E-state index in [0.29, 0.717) is 47.8 Å². The molecule has 11 heteroatoms. The van der Waals surface area contributed by atoms with E-state index in [4.69, 9.17) is 10.8 Å². The Hall–Kier alpha value is -4.02. The fourth-order valence-electron chi connectivity index (χ4n) is 3.54. The van der Waals surface area contributed by atoms with Crippen LogP contribution in [0, 0.1) is 6.92 Å². The number of aliphatic carboxylic acids is 1. The van der Waals surface area contributed by atoms with Crippen molar-refractivity contribution in [3.8, 4) is 22.9 Å². The molecule has 0 aliphatic rings. The Morgan fingerprint density at radius 2 is 2.03 bits per heavy atom. The molecule has 0 aliphatic carbocycles. The second-order valence-electron chi connectivity index (χ2n) is 7.18. The number of hydrogen-bond acceptors (Lipinski definition) is 6. The molecular weight excluding hydrogens is 400 g/mol. The van der Waals surface area contributed by atoms with Gasteiger partial charge < -0.3 is 10.8 Å². The Balaban J connectivity index is 1.78. The number of carboxylic acid groups (broad SMARTS) is 1. The number of carbonyl (C=O) groups excluding carboxylic acids is 1. The number of nitrogens with one attached hydrogen (secondary N) is 1. The molecule has 1 amide bonds. The lowest BCUT2D eigenvalue weighted by Gasteiger charge is -2.06. The maximum absolute atomic E-state index is 11.9. The predicted octanol–water partition coefficient (Wildman–Crippen LogP) is 1.98. The van der Waals surface area contributed by atoms with E-state index in [2.05, 4.69) is 25.4 Å². The number of primary amides is 1. The monoisotopic (exact) mass is 422 g/mol. The maximum Gasteiger partial charge on any atom is 0.303 e. The van der Waals surface area contributed by atoms with E-state index >= 15 is 0 Å². The van der Waals surface area contributed by atoms with Gasteiger partial charge in [-0.1, -0.05) is 0 Å². The first-order valence-electron chi connectivity index (χ1n) is 9.86. The SMILES string of the molecule is CCn1nc(C)cc1-c1n[nH]c(-c2cc(C(N)=O)cc3c2cnn3CCCC(=O)O)n1. The quantitative estimate of drug-likeness (QED) is 0.391.